The van der Waals surface area contributed by atoms with Crippen molar-refractivity contribution < 1.29 is 9.90 Å². The summed E-state index contributed by atoms with van der Waals surface area (Å²) >= 11 is 0. The first-order chi connectivity index (χ1) is 8.08. The van der Waals surface area contributed by atoms with Gasteiger partial charge in [-0.05, 0) is 30.4 Å². The third kappa shape index (κ3) is 2.57. The Bertz CT molecular complexity index is 420. The molecule has 1 aliphatic rings. The highest BCUT2D eigenvalue weighted by molar-refractivity contribution is 5.88. The lowest BCUT2D eigenvalue weighted by atomic mass is 9.89. The van der Waals surface area contributed by atoms with E-state index in [0.717, 1.165) is 31.2 Å². The molecule has 2 unspecified atom stereocenters. The summed E-state index contributed by atoms with van der Waals surface area (Å²) in [6.07, 6.45) is 2.71. The molecule has 0 spiro atoms. The summed E-state index contributed by atoms with van der Waals surface area (Å²) in [5.41, 5.74) is 0.307. The number of carbonyl (C=O) groups is 1. The van der Waals surface area contributed by atoms with Gasteiger partial charge in [0.2, 0.25) is 0 Å². The van der Waals surface area contributed by atoms with Gasteiger partial charge in [0, 0.05) is 19.3 Å². The third-order valence-electron chi connectivity index (χ3n) is 3.65. The highest BCUT2D eigenvalue weighted by atomic mass is 16.4. The van der Waals surface area contributed by atoms with Crippen molar-refractivity contribution in [3.63, 3.8) is 0 Å². The first-order valence-corrected chi connectivity index (χ1v) is 6.02. The van der Waals surface area contributed by atoms with Crippen molar-refractivity contribution in [3.05, 3.63) is 23.9 Å². The first-order valence-electron chi connectivity index (χ1n) is 6.02. The molecule has 0 bridgehead atoms. The van der Waals surface area contributed by atoms with E-state index < -0.39 is 5.97 Å². The predicted octanol–water partition coefficient (Wildman–Crippen LogP) is 2.26. The van der Waals surface area contributed by atoms with Crippen molar-refractivity contribution in [2.45, 2.75) is 20.3 Å². The van der Waals surface area contributed by atoms with Crippen LogP contribution in [0.1, 0.15) is 30.6 Å². The Morgan fingerprint density at radius 2 is 2.24 bits per heavy atom. The van der Waals surface area contributed by atoms with E-state index in [2.05, 4.69) is 23.7 Å². The van der Waals surface area contributed by atoms with Crippen LogP contribution in [0, 0.1) is 11.8 Å². The zero-order valence-corrected chi connectivity index (χ0v) is 10.3. The molecule has 0 aliphatic carbocycles. The molecule has 0 amide bonds. The van der Waals surface area contributed by atoms with Crippen LogP contribution in [0.5, 0.6) is 0 Å². The fourth-order valence-corrected chi connectivity index (χ4v) is 2.20. The minimum Gasteiger partial charge on any atom is -0.478 e. The van der Waals surface area contributed by atoms with Crippen molar-refractivity contribution in [2.24, 2.45) is 11.8 Å². The smallest absolute Gasteiger partial charge is 0.335 e. The van der Waals surface area contributed by atoms with Gasteiger partial charge in [-0.2, -0.15) is 0 Å². The minimum atomic E-state index is -0.896. The largest absolute Gasteiger partial charge is 0.478 e. The van der Waals surface area contributed by atoms with E-state index in [-0.39, 0.29) is 0 Å². The van der Waals surface area contributed by atoms with Crippen LogP contribution >= 0.6 is 0 Å². The molecule has 0 saturated carbocycles. The van der Waals surface area contributed by atoms with Crippen LogP contribution in [0.4, 0.5) is 5.82 Å². The van der Waals surface area contributed by atoms with Gasteiger partial charge < -0.3 is 10.0 Å². The predicted molar refractivity (Wildman–Crippen MR) is 66.4 cm³/mol. The number of anilines is 1. The molecule has 4 nitrogen and oxygen atoms in total. The number of piperidine rings is 1. The van der Waals surface area contributed by atoms with E-state index >= 15 is 0 Å². The molecule has 2 rings (SSSR count). The second-order valence-electron chi connectivity index (χ2n) is 4.90. The lowest BCUT2D eigenvalue weighted by molar-refractivity contribution is 0.0697. The number of carboxylic acids is 1. The van der Waals surface area contributed by atoms with Crippen LogP contribution in [0.2, 0.25) is 0 Å². The Balaban J connectivity index is 2.17. The van der Waals surface area contributed by atoms with Crippen LogP contribution in [0.15, 0.2) is 18.3 Å². The van der Waals surface area contributed by atoms with Crippen LogP contribution in [0.3, 0.4) is 0 Å². The summed E-state index contributed by atoms with van der Waals surface area (Å²) in [5, 5.41) is 8.96. The van der Waals surface area contributed by atoms with Crippen LogP contribution < -0.4 is 4.90 Å². The fourth-order valence-electron chi connectivity index (χ4n) is 2.20. The second-order valence-corrected chi connectivity index (χ2v) is 4.90. The van der Waals surface area contributed by atoms with E-state index in [1.165, 1.54) is 6.07 Å². The summed E-state index contributed by atoms with van der Waals surface area (Å²) in [6.45, 7) is 6.42. The van der Waals surface area contributed by atoms with E-state index in [9.17, 15) is 4.79 Å². The second kappa shape index (κ2) is 4.73. The van der Waals surface area contributed by atoms with Gasteiger partial charge in [0.25, 0.3) is 0 Å². The molecule has 1 aromatic heterocycles. The van der Waals surface area contributed by atoms with E-state index in [1.807, 2.05) is 0 Å². The quantitative estimate of drug-likeness (QED) is 0.852. The highest BCUT2D eigenvalue weighted by Gasteiger charge is 2.23. The molecule has 0 radical (unpaired) electrons. The normalized spacial score (nSPS) is 24.7. The van der Waals surface area contributed by atoms with E-state index in [1.54, 1.807) is 12.3 Å². The van der Waals surface area contributed by atoms with Gasteiger partial charge in [-0.15, -0.1) is 0 Å². The van der Waals surface area contributed by atoms with Gasteiger partial charge in [0.05, 0.1) is 5.56 Å². The number of aromatic nitrogens is 1. The van der Waals surface area contributed by atoms with Gasteiger partial charge in [0.15, 0.2) is 0 Å². The summed E-state index contributed by atoms with van der Waals surface area (Å²) in [4.78, 5) is 17.4. The number of rotatable bonds is 2. The van der Waals surface area contributed by atoms with Crippen LogP contribution in [-0.4, -0.2) is 29.1 Å². The molecule has 1 saturated heterocycles. The minimum absolute atomic E-state index is 0.307. The lowest BCUT2D eigenvalue weighted by Crippen LogP contribution is -2.38. The molecule has 17 heavy (non-hydrogen) atoms. The van der Waals surface area contributed by atoms with Crippen LogP contribution in [-0.2, 0) is 0 Å². The van der Waals surface area contributed by atoms with Gasteiger partial charge in [-0.25, -0.2) is 9.78 Å². The molecule has 4 heteroatoms. The third-order valence-corrected chi connectivity index (χ3v) is 3.65. The SMILES string of the molecule is CC1CCN(c2cc(C(=O)O)ccn2)CC1C. The molecule has 0 aromatic carbocycles. The molecule has 2 heterocycles. The average Bonchev–Trinajstić information content (AvgIpc) is 2.33. The number of hydrogen-bond donors (Lipinski definition) is 1. The van der Waals surface area contributed by atoms with Crippen molar-refractivity contribution >= 4 is 11.8 Å². The maximum atomic E-state index is 10.9. The summed E-state index contributed by atoms with van der Waals surface area (Å²) < 4.78 is 0. The number of nitrogens with zero attached hydrogens (tertiary/aromatic N) is 2. The molecule has 1 aromatic rings. The number of aromatic carboxylic acids is 1. The zero-order chi connectivity index (χ0) is 12.4. The Kier molecular flexibility index (Phi) is 3.31. The van der Waals surface area contributed by atoms with Gasteiger partial charge in [0.1, 0.15) is 5.82 Å². The molecular formula is C13H18N2O2. The molecule has 1 N–H and O–H groups in total. The van der Waals surface area contributed by atoms with Gasteiger partial charge >= 0.3 is 5.97 Å². The first kappa shape index (κ1) is 11.9. The topological polar surface area (TPSA) is 53.4 Å². The maximum Gasteiger partial charge on any atom is 0.335 e. The monoisotopic (exact) mass is 234 g/mol. The summed E-state index contributed by atoms with van der Waals surface area (Å²) in [5.74, 6) is 1.24. The number of hydrogen-bond acceptors (Lipinski definition) is 3. The number of pyridine rings is 1. The van der Waals surface area contributed by atoms with E-state index in [4.69, 9.17) is 5.11 Å². The van der Waals surface area contributed by atoms with Crippen molar-refractivity contribution in [2.75, 3.05) is 18.0 Å². The zero-order valence-electron chi connectivity index (χ0n) is 10.3. The molecule has 1 aliphatic heterocycles. The molecular weight excluding hydrogens is 216 g/mol. The van der Waals surface area contributed by atoms with Crippen molar-refractivity contribution in [1.82, 2.24) is 4.98 Å². The summed E-state index contributed by atoms with van der Waals surface area (Å²) in [6, 6.07) is 3.19. The Hall–Kier alpha value is -1.58. The molecule has 92 valence electrons. The molecule has 2 atom stereocenters. The van der Waals surface area contributed by atoms with E-state index in [0.29, 0.717) is 11.5 Å². The Labute approximate surface area is 101 Å². The average molecular weight is 234 g/mol. The van der Waals surface area contributed by atoms with Crippen LogP contribution in [0.25, 0.3) is 0 Å². The summed E-state index contributed by atoms with van der Waals surface area (Å²) in [7, 11) is 0. The molecule has 1 fully saturated rings. The number of carboxylic acid groups (broad SMARTS) is 1. The van der Waals surface area contributed by atoms with Crippen molar-refractivity contribution in [1.29, 1.82) is 0 Å². The van der Waals surface area contributed by atoms with Gasteiger partial charge in [-0.3, -0.25) is 0 Å². The van der Waals surface area contributed by atoms with Crippen molar-refractivity contribution in [3.8, 4) is 0 Å². The maximum absolute atomic E-state index is 10.9. The fraction of sp³-hybridized carbons (Fsp3) is 0.538. The highest BCUT2D eigenvalue weighted by Crippen LogP contribution is 2.26. The standard InChI is InChI=1S/C13H18N2O2/c1-9-4-6-15(8-10(9)2)12-7-11(13(16)17)3-5-14-12/h3,5,7,9-10H,4,6,8H2,1-2H3,(H,16,17). The Morgan fingerprint density at radius 1 is 1.47 bits per heavy atom. The Morgan fingerprint density at radius 3 is 2.88 bits per heavy atom. The lowest BCUT2D eigenvalue weighted by Gasteiger charge is -2.36. The van der Waals surface area contributed by atoms with Gasteiger partial charge in [-0.1, -0.05) is 13.8 Å².